The summed E-state index contributed by atoms with van der Waals surface area (Å²) in [5.41, 5.74) is 1.66. The van der Waals surface area contributed by atoms with Crippen LogP contribution in [-0.4, -0.2) is 27.5 Å². The molecule has 3 rings (SSSR count). The SMILES string of the molecule is O=C(NC[C@@H](O)c1ccccc1)Nc1ccn(-c2ccccc2)n1. The minimum atomic E-state index is -0.751. The van der Waals surface area contributed by atoms with Gasteiger partial charge < -0.3 is 10.4 Å². The molecule has 0 bridgehead atoms. The van der Waals surface area contributed by atoms with E-state index in [0.29, 0.717) is 5.82 Å². The maximum atomic E-state index is 11.9. The van der Waals surface area contributed by atoms with Crippen LogP contribution in [0.3, 0.4) is 0 Å². The van der Waals surface area contributed by atoms with Crippen molar-refractivity contribution in [2.75, 3.05) is 11.9 Å². The van der Waals surface area contributed by atoms with Crippen molar-refractivity contribution in [1.29, 1.82) is 0 Å². The van der Waals surface area contributed by atoms with Crippen LogP contribution in [0.1, 0.15) is 11.7 Å². The summed E-state index contributed by atoms with van der Waals surface area (Å²) in [5, 5.41) is 19.6. The van der Waals surface area contributed by atoms with Crippen LogP contribution in [0.4, 0.5) is 10.6 Å². The number of aliphatic hydroxyl groups is 1. The molecule has 0 aliphatic carbocycles. The van der Waals surface area contributed by atoms with E-state index in [-0.39, 0.29) is 6.54 Å². The van der Waals surface area contributed by atoms with Crippen molar-refractivity contribution in [1.82, 2.24) is 15.1 Å². The molecule has 0 radical (unpaired) electrons. The highest BCUT2D eigenvalue weighted by Gasteiger charge is 2.10. The minimum absolute atomic E-state index is 0.120. The highest BCUT2D eigenvalue weighted by atomic mass is 16.3. The second-order valence-corrected chi connectivity index (χ2v) is 5.24. The summed E-state index contributed by atoms with van der Waals surface area (Å²) >= 11 is 0. The van der Waals surface area contributed by atoms with Crippen LogP contribution in [-0.2, 0) is 0 Å². The lowest BCUT2D eigenvalue weighted by Crippen LogP contribution is -2.32. The molecule has 6 nitrogen and oxygen atoms in total. The summed E-state index contributed by atoms with van der Waals surface area (Å²) in [6.45, 7) is 0.120. The quantitative estimate of drug-likeness (QED) is 0.676. The van der Waals surface area contributed by atoms with E-state index in [0.717, 1.165) is 11.3 Å². The standard InChI is InChI=1S/C18H18N4O2/c23-16(14-7-3-1-4-8-14)13-19-18(24)20-17-11-12-22(21-17)15-9-5-2-6-10-15/h1-12,16,23H,13H2,(H2,19,20,21,24)/t16-/m1/s1. The fourth-order valence-corrected chi connectivity index (χ4v) is 2.26. The van der Waals surface area contributed by atoms with E-state index in [1.165, 1.54) is 0 Å². The number of aromatic nitrogens is 2. The molecule has 1 atom stereocenters. The molecule has 0 aliphatic rings. The van der Waals surface area contributed by atoms with Gasteiger partial charge in [-0.05, 0) is 17.7 Å². The molecule has 24 heavy (non-hydrogen) atoms. The minimum Gasteiger partial charge on any atom is -0.387 e. The number of hydrogen-bond acceptors (Lipinski definition) is 3. The van der Waals surface area contributed by atoms with Gasteiger partial charge in [-0.3, -0.25) is 5.32 Å². The maximum absolute atomic E-state index is 11.9. The number of amides is 2. The van der Waals surface area contributed by atoms with Gasteiger partial charge in [0, 0.05) is 18.8 Å². The summed E-state index contributed by atoms with van der Waals surface area (Å²) in [6.07, 6.45) is 1.02. The normalized spacial score (nSPS) is 11.7. The number of urea groups is 1. The number of para-hydroxylation sites is 1. The molecule has 6 heteroatoms. The third kappa shape index (κ3) is 3.99. The van der Waals surface area contributed by atoms with Gasteiger partial charge in [-0.1, -0.05) is 48.5 Å². The second-order valence-electron chi connectivity index (χ2n) is 5.24. The number of carbonyl (C=O) groups is 1. The Labute approximate surface area is 139 Å². The number of rotatable bonds is 5. The fraction of sp³-hybridized carbons (Fsp3) is 0.111. The molecule has 0 saturated carbocycles. The Balaban J connectivity index is 1.53. The predicted octanol–water partition coefficient (Wildman–Crippen LogP) is 2.73. The smallest absolute Gasteiger partial charge is 0.320 e. The molecular weight excluding hydrogens is 304 g/mol. The number of nitrogens with zero attached hydrogens (tertiary/aromatic N) is 2. The van der Waals surface area contributed by atoms with Gasteiger partial charge in [-0.15, -0.1) is 5.10 Å². The summed E-state index contributed by atoms with van der Waals surface area (Å²) in [4.78, 5) is 11.9. The lowest BCUT2D eigenvalue weighted by Gasteiger charge is -2.12. The van der Waals surface area contributed by atoms with Gasteiger partial charge in [-0.25, -0.2) is 9.48 Å². The number of anilines is 1. The molecule has 122 valence electrons. The van der Waals surface area contributed by atoms with E-state index in [9.17, 15) is 9.90 Å². The molecule has 3 aromatic rings. The van der Waals surface area contributed by atoms with Crippen LogP contribution in [0.5, 0.6) is 0 Å². The third-order valence-corrected chi connectivity index (χ3v) is 3.49. The Bertz CT molecular complexity index is 787. The average molecular weight is 322 g/mol. The first-order valence-corrected chi connectivity index (χ1v) is 7.61. The summed E-state index contributed by atoms with van der Waals surface area (Å²) in [7, 11) is 0. The van der Waals surface area contributed by atoms with Gasteiger partial charge in [0.15, 0.2) is 5.82 Å². The first-order valence-electron chi connectivity index (χ1n) is 7.61. The topological polar surface area (TPSA) is 79.2 Å². The van der Waals surface area contributed by atoms with Gasteiger partial charge in [0.2, 0.25) is 0 Å². The molecule has 0 fully saturated rings. The Kier molecular flexibility index (Phi) is 4.88. The van der Waals surface area contributed by atoms with Gasteiger partial charge >= 0.3 is 6.03 Å². The summed E-state index contributed by atoms with van der Waals surface area (Å²) in [6, 6.07) is 20.1. The van der Waals surface area contributed by atoms with Crippen LogP contribution in [0.2, 0.25) is 0 Å². The molecular formula is C18H18N4O2. The monoisotopic (exact) mass is 322 g/mol. The first kappa shape index (κ1) is 15.8. The number of nitrogens with one attached hydrogen (secondary N) is 2. The van der Waals surface area contributed by atoms with E-state index in [1.807, 2.05) is 60.7 Å². The average Bonchev–Trinajstić information content (AvgIpc) is 3.09. The molecule has 0 saturated heterocycles. The van der Waals surface area contributed by atoms with Crippen LogP contribution in [0.25, 0.3) is 5.69 Å². The second kappa shape index (κ2) is 7.43. The maximum Gasteiger partial charge on any atom is 0.320 e. The predicted molar refractivity (Wildman–Crippen MR) is 92.0 cm³/mol. The van der Waals surface area contributed by atoms with Gasteiger partial charge in [0.1, 0.15) is 0 Å². The van der Waals surface area contributed by atoms with Crippen molar-refractivity contribution in [2.24, 2.45) is 0 Å². The molecule has 0 aliphatic heterocycles. The van der Waals surface area contributed by atoms with Crippen molar-refractivity contribution in [3.8, 4) is 5.69 Å². The number of hydrogen-bond donors (Lipinski definition) is 3. The van der Waals surface area contributed by atoms with Crippen LogP contribution >= 0.6 is 0 Å². The lowest BCUT2D eigenvalue weighted by molar-refractivity contribution is 0.175. The van der Waals surface area contributed by atoms with E-state index in [4.69, 9.17) is 0 Å². The Hall–Kier alpha value is -3.12. The van der Waals surface area contributed by atoms with E-state index < -0.39 is 12.1 Å². The van der Waals surface area contributed by atoms with E-state index in [2.05, 4.69) is 15.7 Å². The van der Waals surface area contributed by atoms with Gasteiger partial charge in [-0.2, -0.15) is 0 Å². The van der Waals surface area contributed by atoms with Crippen molar-refractivity contribution in [2.45, 2.75) is 6.10 Å². The third-order valence-electron chi connectivity index (χ3n) is 3.49. The molecule has 0 unspecified atom stereocenters. The Morgan fingerprint density at radius 3 is 2.42 bits per heavy atom. The zero-order valence-corrected chi connectivity index (χ0v) is 13.0. The van der Waals surface area contributed by atoms with Crippen LogP contribution < -0.4 is 10.6 Å². The fourth-order valence-electron chi connectivity index (χ4n) is 2.26. The number of aliphatic hydroxyl groups excluding tert-OH is 1. The van der Waals surface area contributed by atoms with Gasteiger partial charge in [0.25, 0.3) is 0 Å². The van der Waals surface area contributed by atoms with Crippen LogP contribution in [0.15, 0.2) is 72.9 Å². The van der Waals surface area contributed by atoms with Crippen molar-refractivity contribution in [3.05, 3.63) is 78.5 Å². The number of carbonyl (C=O) groups excluding carboxylic acids is 1. The summed E-state index contributed by atoms with van der Waals surface area (Å²) < 4.78 is 1.68. The zero-order valence-electron chi connectivity index (χ0n) is 13.0. The number of benzene rings is 2. The largest absolute Gasteiger partial charge is 0.387 e. The summed E-state index contributed by atoms with van der Waals surface area (Å²) in [5.74, 6) is 0.436. The van der Waals surface area contributed by atoms with Crippen LogP contribution in [0, 0.1) is 0 Å². The first-order chi connectivity index (χ1) is 11.7. The molecule has 3 N–H and O–H groups in total. The Morgan fingerprint density at radius 2 is 1.71 bits per heavy atom. The van der Waals surface area contributed by atoms with Crippen molar-refractivity contribution >= 4 is 11.8 Å². The zero-order chi connectivity index (χ0) is 16.8. The molecule has 1 heterocycles. The highest BCUT2D eigenvalue weighted by Crippen LogP contribution is 2.11. The molecule has 1 aromatic heterocycles. The Morgan fingerprint density at radius 1 is 1.04 bits per heavy atom. The van der Waals surface area contributed by atoms with Crippen molar-refractivity contribution in [3.63, 3.8) is 0 Å². The van der Waals surface area contributed by atoms with Crippen molar-refractivity contribution < 1.29 is 9.90 Å². The molecule has 2 aromatic carbocycles. The van der Waals surface area contributed by atoms with E-state index in [1.54, 1.807) is 16.9 Å². The molecule has 2 amide bonds. The lowest BCUT2D eigenvalue weighted by atomic mass is 10.1. The highest BCUT2D eigenvalue weighted by molar-refractivity contribution is 5.88. The molecule has 0 spiro atoms. The van der Waals surface area contributed by atoms with Gasteiger partial charge in [0.05, 0.1) is 11.8 Å². The van der Waals surface area contributed by atoms with E-state index >= 15 is 0 Å².